The number of hydrogen-bond acceptors (Lipinski definition) is 2. The van der Waals surface area contributed by atoms with Gasteiger partial charge in [0.1, 0.15) is 5.78 Å². The summed E-state index contributed by atoms with van der Waals surface area (Å²) in [5.74, 6) is 0.269. The smallest absolute Gasteiger partial charge is 0.192 e. The zero-order valence-electron chi connectivity index (χ0n) is 14.7. The average molecular weight is 321 g/mol. The molecular weight excluding hydrogens is 288 g/mol. The first-order valence-electron chi connectivity index (χ1n) is 8.76. The molecule has 0 saturated carbocycles. The molecular formula is C19H32O2Si. The van der Waals surface area contributed by atoms with E-state index < -0.39 is 8.32 Å². The Morgan fingerprint density at radius 1 is 1.05 bits per heavy atom. The van der Waals surface area contributed by atoms with Crippen molar-refractivity contribution in [1.82, 2.24) is 0 Å². The maximum absolute atomic E-state index is 11.4. The fourth-order valence-electron chi connectivity index (χ4n) is 2.95. The Bertz CT molecular complexity index is 418. The fraction of sp³-hybridized carbons (Fsp3) is 0.632. The molecule has 0 heterocycles. The minimum Gasteiger partial charge on any atom is -0.414 e. The van der Waals surface area contributed by atoms with Crippen LogP contribution in [0.25, 0.3) is 0 Å². The predicted molar refractivity (Wildman–Crippen MR) is 96.7 cm³/mol. The van der Waals surface area contributed by atoms with E-state index in [1.54, 1.807) is 6.92 Å². The Morgan fingerprint density at radius 2 is 1.64 bits per heavy atom. The van der Waals surface area contributed by atoms with Gasteiger partial charge < -0.3 is 9.22 Å². The molecule has 1 aromatic carbocycles. The second kappa shape index (κ2) is 9.96. The number of hydrogen-bond donors (Lipinski definition) is 0. The van der Waals surface area contributed by atoms with Crippen LogP contribution in [0.1, 0.15) is 52.5 Å². The zero-order valence-corrected chi connectivity index (χ0v) is 15.7. The lowest BCUT2D eigenvalue weighted by molar-refractivity contribution is -0.117. The number of ketones is 1. The SMILES string of the molecule is CC[Si](CC)(CC)OC(CCC(C)=O)CCc1ccccc1. The van der Waals surface area contributed by atoms with Crippen molar-refractivity contribution in [3.8, 4) is 0 Å². The van der Waals surface area contributed by atoms with E-state index in [1.807, 2.05) is 0 Å². The van der Waals surface area contributed by atoms with Gasteiger partial charge in [-0.2, -0.15) is 0 Å². The van der Waals surface area contributed by atoms with Crippen molar-refractivity contribution in [2.75, 3.05) is 0 Å². The molecule has 0 N–H and O–H groups in total. The molecule has 0 spiro atoms. The Labute approximate surface area is 137 Å². The van der Waals surface area contributed by atoms with Gasteiger partial charge in [-0.05, 0) is 49.9 Å². The molecule has 1 atom stereocenters. The highest BCUT2D eigenvalue weighted by atomic mass is 28.4. The molecule has 22 heavy (non-hydrogen) atoms. The molecule has 2 nitrogen and oxygen atoms in total. The van der Waals surface area contributed by atoms with Crippen LogP contribution in [0.15, 0.2) is 30.3 Å². The highest BCUT2D eigenvalue weighted by Crippen LogP contribution is 2.26. The number of Topliss-reactive ketones (excluding diaryl/α,β-unsaturated/α-hetero) is 1. The van der Waals surface area contributed by atoms with Gasteiger partial charge in [0.05, 0.1) is 0 Å². The van der Waals surface area contributed by atoms with E-state index >= 15 is 0 Å². The molecule has 0 aromatic heterocycles. The molecule has 0 bridgehead atoms. The largest absolute Gasteiger partial charge is 0.414 e. The molecule has 1 aromatic rings. The molecule has 3 heteroatoms. The lowest BCUT2D eigenvalue weighted by Gasteiger charge is -2.33. The monoisotopic (exact) mass is 320 g/mol. The summed E-state index contributed by atoms with van der Waals surface area (Å²) in [5.41, 5.74) is 1.36. The molecule has 0 aliphatic rings. The van der Waals surface area contributed by atoms with Gasteiger partial charge in [-0.15, -0.1) is 0 Å². The number of aryl methyl sites for hydroxylation is 1. The van der Waals surface area contributed by atoms with Crippen LogP contribution in [0, 0.1) is 0 Å². The zero-order chi connectivity index (χ0) is 16.4. The van der Waals surface area contributed by atoms with Crippen LogP contribution in [0.2, 0.25) is 18.1 Å². The standard InChI is InChI=1S/C19H32O2Si/c1-5-22(6-2,7-3)21-19(15-13-17(4)20)16-14-18-11-9-8-10-12-18/h8-12,19H,5-7,13-16H2,1-4H3. The van der Waals surface area contributed by atoms with Crippen molar-refractivity contribution < 1.29 is 9.22 Å². The van der Waals surface area contributed by atoms with E-state index in [-0.39, 0.29) is 11.9 Å². The number of carbonyl (C=O) groups is 1. The molecule has 0 saturated heterocycles. The lowest BCUT2D eigenvalue weighted by atomic mass is 10.0. The van der Waals surface area contributed by atoms with Gasteiger partial charge >= 0.3 is 0 Å². The molecule has 0 radical (unpaired) electrons. The normalized spacial score (nSPS) is 13.1. The maximum Gasteiger partial charge on any atom is 0.192 e. The summed E-state index contributed by atoms with van der Waals surface area (Å²) < 4.78 is 6.64. The highest BCUT2D eigenvalue weighted by Gasteiger charge is 2.31. The third kappa shape index (κ3) is 6.45. The molecule has 1 rings (SSSR count). The molecule has 0 amide bonds. The van der Waals surface area contributed by atoms with Crippen molar-refractivity contribution >= 4 is 14.1 Å². The van der Waals surface area contributed by atoms with Gasteiger partial charge in [0.25, 0.3) is 0 Å². The highest BCUT2D eigenvalue weighted by molar-refractivity contribution is 6.73. The van der Waals surface area contributed by atoms with Crippen LogP contribution in [0.3, 0.4) is 0 Å². The summed E-state index contributed by atoms with van der Waals surface area (Å²) in [7, 11) is -1.60. The third-order valence-corrected chi connectivity index (χ3v) is 9.47. The fourth-order valence-corrected chi connectivity index (χ4v) is 5.90. The van der Waals surface area contributed by atoms with Crippen LogP contribution in [-0.2, 0) is 15.6 Å². The summed E-state index contributed by atoms with van der Waals surface area (Å²) in [4.78, 5) is 11.4. The molecule has 0 aliphatic heterocycles. The van der Waals surface area contributed by atoms with Crippen LogP contribution < -0.4 is 0 Å². The van der Waals surface area contributed by atoms with Crippen molar-refractivity contribution in [1.29, 1.82) is 0 Å². The van der Waals surface area contributed by atoms with Gasteiger partial charge in [-0.25, -0.2) is 0 Å². The second-order valence-corrected chi connectivity index (χ2v) is 11.0. The van der Waals surface area contributed by atoms with E-state index in [4.69, 9.17) is 4.43 Å². The Balaban J connectivity index is 2.68. The minimum atomic E-state index is -1.60. The Hall–Kier alpha value is -0.933. The van der Waals surface area contributed by atoms with Gasteiger partial charge in [0, 0.05) is 12.5 Å². The molecule has 0 fully saturated rings. The second-order valence-electron chi connectivity index (χ2n) is 6.25. The first-order valence-corrected chi connectivity index (χ1v) is 11.3. The molecule has 0 aliphatic carbocycles. The van der Waals surface area contributed by atoms with Crippen LogP contribution in [0.4, 0.5) is 0 Å². The number of benzene rings is 1. The third-order valence-electron chi connectivity index (χ3n) is 4.77. The van der Waals surface area contributed by atoms with E-state index in [1.165, 1.54) is 23.7 Å². The lowest BCUT2D eigenvalue weighted by Crippen LogP contribution is -2.40. The Morgan fingerprint density at radius 3 is 2.14 bits per heavy atom. The summed E-state index contributed by atoms with van der Waals surface area (Å²) in [5, 5.41) is 0. The van der Waals surface area contributed by atoms with Gasteiger partial charge in [-0.1, -0.05) is 51.1 Å². The van der Waals surface area contributed by atoms with E-state index in [9.17, 15) is 4.79 Å². The quantitative estimate of drug-likeness (QED) is 0.512. The van der Waals surface area contributed by atoms with E-state index in [0.717, 1.165) is 19.3 Å². The van der Waals surface area contributed by atoms with Crippen LogP contribution in [0.5, 0.6) is 0 Å². The van der Waals surface area contributed by atoms with Crippen LogP contribution in [-0.4, -0.2) is 20.2 Å². The van der Waals surface area contributed by atoms with Crippen molar-refractivity contribution in [3.63, 3.8) is 0 Å². The molecule has 124 valence electrons. The average Bonchev–Trinajstić information content (AvgIpc) is 2.55. The van der Waals surface area contributed by atoms with Crippen molar-refractivity contribution in [2.24, 2.45) is 0 Å². The first-order chi connectivity index (χ1) is 10.5. The number of rotatable bonds is 11. The topological polar surface area (TPSA) is 26.3 Å². The van der Waals surface area contributed by atoms with Crippen molar-refractivity contribution in [2.45, 2.75) is 77.6 Å². The summed E-state index contributed by atoms with van der Waals surface area (Å²) in [6.45, 7) is 8.47. The van der Waals surface area contributed by atoms with E-state index in [0.29, 0.717) is 6.42 Å². The van der Waals surface area contributed by atoms with Crippen LogP contribution >= 0.6 is 0 Å². The van der Waals surface area contributed by atoms with Gasteiger partial charge in [0.2, 0.25) is 0 Å². The first kappa shape index (κ1) is 19.1. The van der Waals surface area contributed by atoms with E-state index in [2.05, 4.69) is 51.1 Å². The predicted octanol–water partition coefficient (Wildman–Crippen LogP) is 5.38. The van der Waals surface area contributed by atoms with Gasteiger partial charge in [0.15, 0.2) is 8.32 Å². The molecule has 1 unspecified atom stereocenters. The maximum atomic E-state index is 11.4. The summed E-state index contributed by atoms with van der Waals surface area (Å²) in [6, 6.07) is 14.1. The van der Waals surface area contributed by atoms with Crippen molar-refractivity contribution in [3.05, 3.63) is 35.9 Å². The minimum absolute atomic E-state index is 0.232. The summed E-state index contributed by atoms with van der Waals surface area (Å²) >= 11 is 0. The Kier molecular flexibility index (Phi) is 8.65. The summed E-state index contributed by atoms with van der Waals surface area (Å²) in [6.07, 6.45) is 3.80. The van der Waals surface area contributed by atoms with Gasteiger partial charge in [-0.3, -0.25) is 0 Å². The number of carbonyl (C=O) groups excluding carboxylic acids is 1.